The molecule has 0 aromatic carbocycles. The summed E-state index contributed by atoms with van der Waals surface area (Å²) in [4.78, 5) is 29.5. The Labute approximate surface area is 119 Å². The van der Waals surface area contributed by atoms with E-state index < -0.39 is 0 Å². The third-order valence-corrected chi connectivity index (χ3v) is 5.64. The minimum atomic E-state index is -0.303. The summed E-state index contributed by atoms with van der Waals surface area (Å²) in [5, 5.41) is 2.95. The number of carbonyl (C=O) groups is 2. The molecule has 0 aromatic heterocycles. The highest BCUT2D eigenvalue weighted by atomic mass is 16.2. The Hall–Kier alpha value is -1.10. The van der Waals surface area contributed by atoms with Gasteiger partial charge in [-0.15, -0.1) is 0 Å². The van der Waals surface area contributed by atoms with Crippen LogP contribution in [0.4, 0.5) is 0 Å². The van der Waals surface area contributed by atoms with Gasteiger partial charge in [0.25, 0.3) is 0 Å². The molecule has 4 aliphatic rings. The number of carbonyl (C=O) groups excluding carboxylic acids is 2. The van der Waals surface area contributed by atoms with Crippen molar-refractivity contribution in [1.82, 2.24) is 15.1 Å². The number of nitrogens with zero attached hydrogens (tertiary/aromatic N) is 2. The number of hydrogen-bond acceptors (Lipinski definition) is 3. The third kappa shape index (κ3) is 1.79. The van der Waals surface area contributed by atoms with Crippen LogP contribution in [-0.4, -0.2) is 58.9 Å². The van der Waals surface area contributed by atoms with Crippen LogP contribution in [0.5, 0.6) is 0 Å². The van der Waals surface area contributed by atoms with Crippen LogP contribution in [0.2, 0.25) is 0 Å². The zero-order valence-electron chi connectivity index (χ0n) is 12.0. The summed E-state index contributed by atoms with van der Waals surface area (Å²) in [6.07, 6.45) is 5.61. The van der Waals surface area contributed by atoms with E-state index in [0.29, 0.717) is 12.0 Å². The number of fused-ring (bicyclic) bond motifs is 1. The van der Waals surface area contributed by atoms with Crippen LogP contribution in [0.25, 0.3) is 0 Å². The fourth-order valence-electron chi connectivity index (χ4n) is 4.39. The fraction of sp³-hybridized carbons (Fsp3) is 0.867. The van der Waals surface area contributed by atoms with Gasteiger partial charge in [0.1, 0.15) is 12.1 Å². The van der Waals surface area contributed by atoms with E-state index in [0.717, 1.165) is 32.4 Å². The molecular weight excluding hydrogens is 254 g/mol. The predicted octanol–water partition coefficient (Wildman–Crippen LogP) is 0.349. The van der Waals surface area contributed by atoms with Crippen LogP contribution in [0.1, 0.15) is 39.0 Å². The molecule has 1 aliphatic carbocycles. The monoisotopic (exact) mass is 277 g/mol. The van der Waals surface area contributed by atoms with Gasteiger partial charge in [0, 0.05) is 18.6 Å². The van der Waals surface area contributed by atoms with Crippen molar-refractivity contribution in [2.45, 2.75) is 63.2 Å². The SMILES string of the molecule is CC1C(=O)NC(C2CC2)C(=O)N1C1CCN2CCCC12. The third-order valence-electron chi connectivity index (χ3n) is 5.64. The summed E-state index contributed by atoms with van der Waals surface area (Å²) < 4.78 is 0. The lowest BCUT2D eigenvalue weighted by atomic mass is 9.97. The first-order chi connectivity index (χ1) is 9.66. The molecule has 5 nitrogen and oxygen atoms in total. The van der Waals surface area contributed by atoms with Crippen molar-refractivity contribution >= 4 is 11.8 Å². The van der Waals surface area contributed by atoms with Gasteiger partial charge in [-0.2, -0.15) is 0 Å². The summed E-state index contributed by atoms with van der Waals surface area (Å²) in [5.41, 5.74) is 0. The molecule has 1 N–H and O–H groups in total. The molecule has 5 heteroatoms. The zero-order chi connectivity index (χ0) is 13.9. The Kier molecular flexibility index (Phi) is 2.81. The van der Waals surface area contributed by atoms with Gasteiger partial charge in [0.2, 0.25) is 11.8 Å². The van der Waals surface area contributed by atoms with Gasteiger partial charge < -0.3 is 10.2 Å². The van der Waals surface area contributed by atoms with E-state index in [4.69, 9.17) is 0 Å². The zero-order valence-corrected chi connectivity index (χ0v) is 12.0. The molecule has 4 rings (SSSR count). The molecule has 20 heavy (non-hydrogen) atoms. The van der Waals surface area contributed by atoms with Crippen molar-refractivity contribution in [1.29, 1.82) is 0 Å². The second-order valence-corrected chi connectivity index (χ2v) is 6.85. The van der Waals surface area contributed by atoms with E-state index in [9.17, 15) is 9.59 Å². The summed E-state index contributed by atoms with van der Waals surface area (Å²) in [5.74, 6) is 0.610. The van der Waals surface area contributed by atoms with Crippen LogP contribution in [-0.2, 0) is 9.59 Å². The van der Waals surface area contributed by atoms with Gasteiger partial charge in [0.15, 0.2) is 0 Å². The van der Waals surface area contributed by atoms with Crippen LogP contribution in [0.15, 0.2) is 0 Å². The first kappa shape index (κ1) is 12.6. The van der Waals surface area contributed by atoms with Gasteiger partial charge in [0.05, 0.1) is 0 Å². The van der Waals surface area contributed by atoms with Crippen LogP contribution in [0.3, 0.4) is 0 Å². The first-order valence-electron chi connectivity index (χ1n) is 8.03. The molecule has 3 aliphatic heterocycles. The van der Waals surface area contributed by atoms with Crippen molar-refractivity contribution in [2.75, 3.05) is 13.1 Å². The Morgan fingerprint density at radius 1 is 1.05 bits per heavy atom. The van der Waals surface area contributed by atoms with Crippen molar-refractivity contribution in [3.05, 3.63) is 0 Å². The maximum absolute atomic E-state index is 12.8. The Bertz CT molecular complexity index is 448. The van der Waals surface area contributed by atoms with Gasteiger partial charge >= 0.3 is 0 Å². The number of hydrogen-bond donors (Lipinski definition) is 1. The average Bonchev–Trinajstić information content (AvgIpc) is 3.02. The highest BCUT2D eigenvalue weighted by Gasteiger charge is 2.51. The van der Waals surface area contributed by atoms with E-state index in [1.54, 1.807) is 0 Å². The lowest BCUT2D eigenvalue weighted by molar-refractivity contribution is -0.152. The molecule has 0 spiro atoms. The lowest BCUT2D eigenvalue weighted by Crippen LogP contribution is -2.66. The predicted molar refractivity (Wildman–Crippen MR) is 74.0 cm³/mol. The van der Waals surface area contributed by atoms with Crippen LogP contribution >= 0.6 is 0 Å². The maximum atomic E-state index is 12.8. The van der Waals surface area contributed by atoms with E-state index in [1.165, 1.54) is 12.8 Å². The lowest BCUT2D eigenvalue weighted by Gasteiger charge is -2.43. The summed E-state index contributed by atoms with van der Waals surface area (Å²) >= 11 is 0. The Balaban J connectivity index is 1.60. The Morgan fingerprint density at radius 2 is 1.85 bits per heavy atom. The Morgan fingerprint density at radius 3 is 2.60 bits per heavy atom. The molecule has 0 radical (unpaired) electrons. The minimum Gasteiger partial charge on any atom is -0.342 e. The summed E-state index contributed by atoms with van der Waals surface area (Å²) in [6, 6.07) is 0.205. The van der Waals surface area contributed by atoms with Gasteiger partial charge in [-0.05, 0) is 51.5 Å². The molecule has 0 bridgehead atoms. The van der Waals surface area contributed by atoms with Crippen LogP contribution < -0.4 is 5.32 Å². The number of nitrogens with one attached hydrogen (secondary N) is 1. The highest BCUT2D eigenvalue weighted by molar-refractivity contribution is 5.97. The van der Waals surface area contributed by atoms with Crippen LogP contribution in [0, 0.1) is 5.92 Å². The average molecular weight is 277 g/mol. The smallest absolute Gasteiger partial charge is 0.246 e. The topological polar surface area (TPSA) is 52.7 Å². The quantitative estimate of drug-likeness (QED) is 0.792. The molecule has 110 valence electrons. The van der Waals surface area contributed by atoms with Gasteiger partial charge in [-0.1, -0.05) is 0 Å². The molecule has 1 saturated carbocycles. The number of piperazine rings is 1. The second kappa shape index (κ2) is 4.45. The standard InChI is InChI=1S/C15H23N3O2/c1-9-14(19)16-13(10-4-5-10)15(20)18(9)12-6-8-17-7-2-3-11(12)17/h9-13H,2-8H2,1H3,(H,16,19). The molecule has 3 saturated heterocycles. The first-order valence-corrected chi connectivity index (χ1v) is 8.03. The minimum absolute atomic E-state index is 0.0398. The van der Waals surface area contributed by atoms with Crippen molar-refractivity contribution < 1.29 is 9.59 Å². The van der Waals surface area contributed by atoms with Gasteiger partial charge in [-0.25, -0.2) is 0 Å². The summed E-state index contributed by atoms with van der Waals surface area (Å²) in [7, 11) is 0. The van der Waals surface area contributed by atoms with E-state index in [-0.39, 0.29) is 29.9 Å². The molecule has 3 heterocycles. The largest absolute Gasteiger partial charge is 0.342 e. The van der Waals surface area contributed by atoms with Gasteiger partial charge in [-0.3, -0.25) is 14.5 Å². The molecule has 4 atom stereocenters. The second-order valence-electron chi connectivity index (χ2n) is 6.85. The van der Waals surface area contributed by atoms with Crippen molar-refractivity contribution in [3.8, 4) is 0 Å². The van der Waals surface area contributed by atoms with E-state index in [2.05, 4.69) is 10.2 Å². The maximum Gasteiger partial charge on any atom is 0.246 e. The molecular formula is C15H23N3O2. The highest BCUT2D eigenvalue weighted by Crippen LogP contribution is 2.38. The number of amides is 2. The molecule has 2 amide bonds. The van der Waals surface area contributed by atoms with Crippen molar-refractivity contribution in [3.63, 3.8) is 0 Å². The molecule has 0 aromatic rings. The molecule has 4 unspecified atom stereocenters. The number of rotatable bonds is 2. The summed E-state index contributed by atoms with van der Waals surface area (Å²) in [6.45, 7) is 4.13. The molecule has 4 fully saturated rings. The van der Waals surface area contributed by atoms with Crippen molar-refractivity contribution in [2.24, 2.45) is 5.92 Å². The normalized spacial score (nSPS) is 42.0. The van der Waals surface area contributed by atoms with E-state index in [1.807, 2.05) is 11.8 Å². The van der Waals surface area contributed by atoms with E-state index >= 15 is 0 Å². The fourth-order valence-corrected chi connectivity index (χ4v) is 4.39.